The summed E-state index contributed by atoms with van der Waals surface area (Å²) in [5, 5.41) is 3.57. The van der Waals surface area contributed by atoms with Gasteiger partial charge in [0.25, 0.3) is 0 Å². The molecule has 0 aromatic carbocycles. The highest BCUT2D eigenvalue weighted by atomic mass is 14.8. The molecule has 1 atom stereocenters. The zero-order chi connectivity index (χ0) is 13.5. The molecule has 5 aliphatic rings. The Morgan fingerprint density at radius 3 is 2.00 bits per heavy atom. The molecule has 1 nitrogen and oxygen atoms in total. The summed E-state index contributed by atoms with van der Waals surface area (Å²) in [5.41, 5.74) is 0. The predicted molar refractivity (Wildman–Crippen MR) is 84.5 cm³/mol. The molecule has 0 aliphatic heterocycles. The monoisotopic (exact) mass is 275 g/mol. The van der Waals surface area contributed by atoms with Crippen molar-refractivity contribution in [1.82, 2.24) is 5.32 Å². The highest BCUT2D eigenvalue weighted by molar-refractivity contribution is 5.01. The molecule has 0 aromatic heterocycles. The van der Waals surface area contributed by atoms with Crippen molar-refractivity contribution < 1.29 is 0 Å². The van der Waals surface area contributed by atoms with Gasteiger partial charge in [0, 0.05) is 0 Å². The van der Waals surface area contributed by atoms with Gasteiger partial charge in [0.1, 0.15) is 0 Å². The molecule has 5 saturated carbocycles. The third-order valence-electron chi connectivity index (χ3n) is 7.49. The first-order chi connectivity index (χ1) is 9.85. The van der Waals surface area contributed by atoms with Crippen LogP contribution in [0.5, 0.6) is 0 Å². The lowest BCUT2D eigenvalue weighted by molar-refractivity contribution is -0.0752. The first-order valence-corrected chi connectivity index (χ1v) is 9.49. The zero-order valence-corrected chi connectivity index (χ0v) is 13.3. The number of hydrogen-bond donors (Lipinski definition) is 1. The Balaban J connectivity index is 1.53. The van der Waals surface area contributed by atoms with Gasteiger partial charge in [-0.15, -0.1) is 0 Å². The molecule has 4 bridgehead atoms. The third kappa shape index (κ3) is 2.34. The maximum Gasteiger partial charge on any atom is -0.00180 e. The van der Waals surface area contributed by atoms with Gasteiger partial charge >= 0.3 is 0 Å². The SMILES string of the molecule is CNCC(C1CCCCC1)C1C2CC3CC(C2)CC1C3. The highest BCUT2D eigenvalue weighted by Crippen LogP contribution is 2.59. The van der Waals surface area contributed by atoms with Gasteiger partial charge in [-0.2, -0.15) is 0 Å². The van der Waals surface area contributed by atoms with Crippen LogP contribution >= 0.6 is 0 Å². The summed E-state index contributed by atoms with van der Waals surface area (Å²) in [6.07, 6.45) is 15.6. The average Bonchev–Trinajstić information content (AvgIpc) is 2.46. The van der Waals surface area contributed by atoms with Gasteiger partial charge in [0.15, 0.2) is 0 Å². The van der Waals surface area contributed by atoms with E-state index < -0.39 is 0 Å². The van der Waals surface area contributed by atoms with E-state index in [0.717, 1.165) is 41.4 Å². The van der Waals surface area contributed by atoms with Gasteiger partial charge in [-0.1, -0.05) is 32.1 Å². The Kier molecular flexibility index (Phi) is 3.83. The molecule has 0 amide bonds. The predicted octanol–water partition coefficient (Wildman–Crippen LogP) is 4.47. The largest absolute Gasteiger partial charge is 0.319 e. The van der Waals surface area contributed by atoms with Crippen LogP contribution in [0, 0.1) is 41.4 Å². The number of nitrogens with one attached hydrogen (secondary N) is 1. The molecule has 5 fully saturated rings. The van der Waals surface area contributed by atoms with Crippen molar-refractivity contribution in [3.63, 3.8) is 0 Å². The highest BCUT2D eigenvalue weighted by Gasteiger charge is 2.51. The van der Waals surface area contributed by atoms with E-state index in [4.69, 9.17) is 0 Å². The molecule has 20 heavy (non-hydrogen) atoms. The molecule has 0 spiro atoms. The van der Waals surface area contributed by atoms with Gasteiger partial charge in [0.05, 0.1) is 0 Å². The van der Waals surface area contributed by atoms with Crippen molar-refractivity contribution in [2.24, 2.45) is 41.4 Å². The van der Waals surface area contributed by atoms with E-state index in [9.17, 15) is 0 Å². The fourth-order valence-electron chi connectivity index (χ4n) is 7.08. The van der Waals surface area contributed by atoms with Crippen molar-refractivity contribution >= 4 is 0 Å². The number of rotatable bonds is 4. The second-order valence-corrected chi connectivity index (χ2v) is 8.63. The molecule has 0 aromatic rings. The minimum absolute atomic E-state index is 1.01. The van der Waals surface area contributed by atoms with Crippen LogP contribution in [-0.4, -0.2) is 13.6 Å². The molecule has 0 heterocycles. The van der Waals surface area contributed by atoms with E-state index in [1.54, 1.807) is 32.1 Å². The lowest BCUT2D eigenvalue weighted by Crippen LogP contribution is -2.50. The Morgan fingerprint density at radius 1 is 0.850 bits per heavy atom. The van der Waals surface area contributed by atoms with Crippen LogP contribution in [0.1, 0.15) is 64.2 Å². The minimum Gasteiger partial charge on any atom is -0.319 e. The number of hydrogen-bond acceptors (Lipinski definition) is 1. The van der Waals surface area contributed by atoms with E-state index in [0.29, 0.717) is 0 Å². The first-order valence-electron chi connectivity index (χ1n) is 9.49. The van der Waals surface area contributed by atoms with Crippen molar-refractivity contribution in [1.29, 1.82) is 0 Å². The quantitative estimate of drug-likeness (QED) is 0.798. The van der Waals surface area contributed by atoms with Crippen LogP contribution in [0.25, 0.3) is 0 Å². The average molecular weight is 275 g/mol. The molecule has 114 valence electrons. The summed E-state index contributed by atoms with van der Waals surface area (Å²) >= 11 is 0. The lowest BCUT2D eigenvalue weighted by atomic mass is 9.48. The summed E-state index contributed by atoms with van der Waals surface area (Å²) in [6, 6.07) is 0. The molecule has 1 unspecified atom stereocenters. The van der Waals surface area contributed by atoms with Crippen LogP contribution in [0.15, 0.2) is 0 Å². The first kappa shape index (κ1) is 13.6. The maximum absolute atomic E-state index is 3.57. The Bertz CT molecular complexity index is 303. The van der Waals surface area contributed by atoms with Gasteiger partial charge < -0.3 is 5.32 Å². The molecular formula is C19H33N. The summed E-state index contributed by atoms with van der Waals surface area (Å²) < 4.78 is 0. The maximum atomic E-state index is 3.57. The summed E-state index contributed by atoms with van der Waals surface area (Å²) in [6.45, 7) is 1.30. The molecule has 5 aliphatic carbocycles. The Hall–Kier alpha value is -0.0400. The van der Waals surface area contributed by atoms with E-state index in [-0.39, 0.29) is 0 Å². The van der Waals surface area contributed by atoms with Gasteiger partial charge in [-0.25, -0.2) is 0 Å². The molecule has 5 rings (SSSR count). The van der Waals surface area contributed by atoms with Crippen LogP contribution in [-0.2, 0) is 0 Å². The lowest BCUT2D eigenvalue weighted by Gasteiger charge is -2.57. The fraction of sp³-hybridized carbons (Fsp3) is 1.00. The summed E-state index contributed by atoms with van der Waals surface area (Å²) in [4.78, 5) is 0. The molecule has 0 radical (unpaired) electrons. The van der Waals surface area contributed by atoms with Crippen LogP contribution in [0.4, 0.5) is 0 Å². The summed E-state index contributed by atoms with van der Waals surface area (Å²) in [7, 11) is 2.19. The molecule has 0 saturated heterocycles. The molecular weight excluding hydrogens is 242 g/mol. The van der Waals surface area contributed by atoms with Crippen molar-refractivity contribution in [2.45, 2.75) is 64.2 Å². The standard InChI is InChI=1S/C19H33N/c1-20-12-18(15-5-3-2-4-6-15)19-16-8-13-7-14(10-16)11-17(19)9-13/h13-20H,2-12H2,1H3. The van der Waals surface area contributed by atoms with E-state index >= 15 is 0 Å². The second-order valence-electron chi connectivity index (χ2n) is 8.63. The van der Waals surface area contributed by atoms with Gasteiger partial charge in [-0.05, 0) is 87.1 Å². The molecule has 1 N–H and O–H groups in total. The summed E-state index contributed by atoms with van der Waals surface area (Å²) in [5.74, 6) is 7.66. The van der Waals surface area contributed by atoms with Crippen molar-refractivity contribution in [3.05, 3.63) is 0 Å². The topological polar surface area (TPSA) is 12.0 Å². The van der Waals surface area contributed by atoms with Crippen molar-refractivity contribution in [2.75, 3.05) is 13.6 Å². The van der Waals surface area contributed by atoms with E-state index in [1.807, 2.05) is 0 Å². The van der Waals surface area contributed by atoms with Gasteiger partial charge in [-0.3, -0.25) is 0 Å². The van der Waals surface area contributed by atoms with E-state index in [2.05, 4.69) is 12.4 Å². The van der Waals surface area contributed by atoms with Crippen LogP contribution < -0.4 is 5.32 Å². The molecule has 1 heteroatoms. The van der Waals surface area contributed by atoms with Crippen LogP contribution in [0.2, 0.25) is 0 Å². The van der Waals surface area contributed by atoms with Gasteiger partial charge in [0.2, 0.25) is 0 Å². The van der Waals surface area contributed by atoms with Crippen molar-refractivity contribution in [3.8, 4) is 0 Å². The van der Waals surface area contributed by atoms with Crippen LogP contribution in [0.3, 0.4) is 0 Å². The third-order valence-corrected chi connectivity index (χ3v) is 7.49. The normalized spacial score (nSPS) is 45.8. The second kappa shape index (κ2) is 5.63. The van der Waals surface area contributed by atoms with E-state index in [1.165, 1.54) is 38.6 Å². The fourth-order valence-corrected chi connectivity index (χ4v) is 7.08. The Morgan fingerprint density at radius 2 is 1.45 bits per heavy atom. The smallest absolute Gasteiger partial charge is 0.00180 e. The zero-order valence-electron chi connectivity index (χ0n) is 13.3. The Labute approximate surface area is 125 Å². The minimum atomic E-state index is 1.01.